The molecule has 0 fully saturated rings. The maximum absolute atomic E-state index is 12.7. The molecule has 116 valence electrons. The van der Waals surface area contributed by atoms with Crippen LogP contribution in [0.5, 0.6) is 0 Å². The summed E-state index contributed by atoms with van der Waals surface area (Å²) >= 11 is 0. The zero-order valence-corrected chi connectivity index (χ0v) is 13.4. The van der Waals surface area contributed by atoms with Crippen LogP contribution in [0, 0.1) is 6.92 Å². The van der Waals surface area contributed by atoms with Crippen LogP contribution in [0.2, 0.25) is 0 Å². The Labute approximate surface area is 132 Å². The van der Waals surface area contributed by atoms with Crippen LogP contribution in [0.15, 0.2) is 58.3 Å². The van der Waals surface area contributed by atoms with E-state index < -0.39 is 22.3 Å². The standard InChI is InChI=1S/C17H19NO3S/c1-12-7-9-14(10-8-12)22(21)15-6-4-3-5-13(15)11-17(2,20)16(18)19/h3-10,20H,11H2,1-2H3,(H2,18,19)/t17-,22?/m0/s1. The van der Waals surface area contributed by atoms with Crippen LogP contribution in [0.1, 0.15) is 18.1 Å². The van der Waals surface area contributed by atoms with Gasteiger partial charge in [-0.1, -0.05) is 35.9 Å². The molecule has 2 aromatic rings. The first-order valence-corrected chi connectivity index (χ1v) is 8.05. The zero-order chi connectivity index (χ0) is 16.3. The number of hydrogen-bond acceptors (Lipinski definition) is 3. The summed E-state index contributed by atoms with van der Waals surface area (Å²) in [6, 6.07) is 14.5. The fourth-order valence-corrected chi connectivity index (χ4v) is 3.30. The van der Waals surface area contributed by atoms with Crippen LogP contribution < -0.4 is 5.73 Å². The molecule has 0 radical (unpaired) electrons. The summed E-state index contributed by atoms with van der Waals surface area (Å²) in [6.07, 6.45) is 0.0239. The van der Waals surface area contributed by atoms with Gasteiger partial charge in [0.2, 0.25) is 5.91 Å². The molecule has 22 heavy (non-hydrogen) atoms. The highest BCUT2D eigenvalue weighted by atomic mass is 32.2. The number of amides is 1. The third-order valence-electron chi connectivity index (χ3n) is 3.47. The first kappa shape index (κ1) is 16.4. The number of nitrogens with two attached hydrogens (primary N) is 1. The fourth-order valence-electron chi connectivity index (χ4n) is 2.08. The van der Waals surface area contributed by atoms with Crippen molar-refractivity contribution in [1.82, 2.24) is 0 Å². The molecule has 0 spiro atoms. The molecular formula is C17H19NO3S. The van der Waals surface area contributed by atoms with Crippen LogP contribution >= 0.6 is 0 Å². The third kappa shape index (κ3) is 3.61. The lowest BCUT2D eigenvalue weighted by Gasteiger charge is -2.20. The highest BCUT2D eigenvalue weighted by Crippen LogP contribution is 2.24. The van der Waals surface area contributed by atoms with Crippen molar-refractivity contribution in [1.29, 1.82) is 0 Å². The van der Waals surface area contributed by atoms with Crippen molar-refractivity contribution in [2.24, 2.45) is 5.73 Å². The first-order valence-electron chi connectivity index (χ1n) is 6.90. The molecular weight excluding hydrogens is 298 g/mol. The van der Waals surface area contributed by atoms with Gasteiger partial charge in [0.15, 0.2) is 0 Å². The van der Waals surface area contributed by atoms with Crippen LogP contribution in [0.25, 0.3) is 0 Å². The highest BCUT2D eigenvalue weighted by molar-refractivity contribution is 7.85. The number of benzene rings is 2. The Kier molecular flexibility index (Phi) is 4.78. The van der Waals surface area contributed by atoms with Gasteiger partial charge in [-0.15, -0.1) is 0 Å². The second kappa shape index (κ2) is 6.42. The number of aryl methyl sites for hydroxylation is 1. The molecule has 0 bridgehead atoms. The Bertz CT molecular complexity index is 708. The topological polar surface area (TPSA) is 80.4 Å². The van der Waals surface area contributed by atoms with Gasteiger partial charge in [0, 0.05) is 16.2 Å². The lowest BCUT2D eigenvalue weighted by Crippen LogP contribution is -2.43. The van der Waals surface area contributed by atoms with E-state index in [0.717, 1.165) is 5.56 Å². The number of carbonyl (C=O) groups excluding carboxylic acids is 1. The van der Waals surface area contributed by atoms with Crippen molar-refractivity contribution < 1.29 is 14.1 Å². The fraction of sp³-hybridized carbons (Fsp3) is 0.235. The van der Waals surface area contributed by atoms with Crippen molar-refractivity contribution in [2.45, 2.75) is 35.7 Å². The van der Waals surface area contributed by atoms with Gasteiger partial charge >= 0.3 is 0 Å². The minimum atomic E-state index is -1.67. The summed E-state index contributed by atoms with van der Waals surface area (Å²) in [7, 11) is -1.38. The van der Waals surface area contributed by atoms with E-state index in [1.807, 2.05) is 31.2 Å². The summed E-state index contributed by atoms with van der Waals surface area (Å²) in [4.78, 5) is 12.6. The second-order valence-corrected chi connectivity index (χ2v) is 6.95. The molecule has 0 aliphatic heterocycles. The van der Waals surface area contributed by atoms with Gasteiger partial charge in [-0.2, -0.15) is 0 Å². The highest BCUT2D eigenvalue weighted by Gasteiger charge is 2.29. The van der Waals surface area contributed by atoms with E-state index in [1.54, 1.807) is 24.3 Å². The van der Waals surface area contributed by atoms with Crippen molar-refractivity contribution in [3.05, 3.63) is 59.7 Å². The van der Waals surface area contributed by atoms with E-state index in [9.17, 15) is 14.1 Å². The minimum absolute atomic E-state index is 0.0239. The average Bonchev–Trinajstić information content (AvgIpc) is 2.47. The summed E-state index contributed by atoms with van der Waals surface area (Å²) in [5, 5.41) is 10.1. The zero-order valence-electron chi connectivity index (χ0n) is 12.6. The molecule has 3 N–H and O–H groups in total. The van der Waals surface area contributed by atoms with Gasteiger partial charge < -0.3 is 10.8 Å². The molecule has 2 atom stereocenters. The van der Waals surface area contributed by atoms with E-state index in [-0.39, 0.29) is 6.42 Å². The predicted molar refractivity (Wildman–Crippen MR) is 85.8 cm³/mol. The smallest absolute Gasteiger partial charge is 0.249 e. The summed E-state index contributed by atoms with van der Waals surface area (Å²) in [5.74, 6) is -0.802. The molecule has 0 aliphatic rings. The lowest BCUT2D eigenvalue weighted by molar-refractivity contribution is -0.134. The third-order valence-corrected chi connectivity index (χ3v) is 4.97. The summed E-state index contributed by atoms with van der Waals surface area (Å²) in [6.45, 7) is 3.33. The summed E-state index contributed by atoms with van der Waals surface area (Å²) < 4.78 is 12.7. The quantitative estimate of drug-likeness (QED) is 0.884. The average molecular weight is 317 g/mol. The Morgan fingerprint density at radius 2 is 1.77 bits per heavy atom. The SMILES string of the molecule is Cc1ccc(S(=O)c2ccccc2C[C@](C)(O)C(N)=O)cc1. The molecule has 2 aromatic carbocycles. The van der Waals surface area contributed by atoms with Crippen LogP contribution in [-0.4, -0.2) is 20.8 Å². The van der Waals surface area contributed by atoms with Gasteiger partial charge in [0.05, 0.1) is 10.8 Å². The first-order chi connectivity index (χ1) is 10.3. The van der Waals surface area contributed by atoms with Crippen LogP contribution in [-0.2, 0) is 22.0 Å². The van der Waals surface area contributed by atoms with Crippen LogP contribution in [0.3, 0.4) is 0 Å². The van der Waals surface area contributed by atoms with Crippen molar-refractivity contribution in [2.75, 3.05) is 0 Å². The Morgan fingerprint density at radius 1 is 1.18 bits per heavy atom. The monoisotopic (exact) mass is 317 g/mol. The van der Waals surface area contributed by atoms with Gasteiger partial charge in [0.25, 0.3) is 0 Å². The van der Waals surface area contributed by atoms with Gasteiger partial charge in [-0.25, -0.2) is 4.21 Å². The largest absolute Gasteiger partial charge is 0.380 e. The summed E-state index contributed by atoms with van der Waals surface area (Å²) in [5.41, 5.74) is 5.27. The number of carbonyl (C=O) groups is 1. The minimum Gasteiger partial charge on any atom is -0.380 e. The van der Waals surface area contributed by atoms with E-state index >= 15 is 0 Å². The number of aliphatic hydroxyl groups is 1. The molecule has 0 saturated heterocycles. The molecule has 0 heterocycles. The van der Waals surface area contributed by atoms with Crippen molar-refractivity contribution in [3.63, 3.8) is 0 Å². The predicted octanol–water partition coefficient (Wildman–Crippen LogP) is 1.94. The number of primary amides is 1. The second-order valence-electron chi connectivity index (χ2n) is 5.50. The van der Waals surface area contributed by atoms with Crippen molar-refractivity contribution in [3.8, 4) is 0 Å². The maximum Gasteiger partial charge on any atom is 0.249 e. The van der Waals surface area contributed by atoms with Gasteiger partial charge in [-0.3, -0.25) is 4.79 Å². The Morgan fingerprint density at radius 3 is 2.36 bits per heavy atom. The van der Waals surface area contributed by atoms with E-state index in [2.05, 4.69) is 0 Å². The van der Waals surface area contributed by atoms with Crippen molar-refractivity contribution >= 4 is 16.7 Å². The molecule has 0 aliphatic carbocycles. The van der Waals surface area contributed by atoms with Crippen LogP contribution in [0.4, 0.5) is 0 Å². The van der Waals surface area contributed by atoms with E-state index in [4.69, 9.17) is 5.73 Å². The molecule has 4 nitrogen and oxygen atoms in total. The molecule has 1 unspecified atom stereocenters. The number of hydrogen-bond donors (Lipinski definition) is 2. The molecule has 1 amide bonds. The Hall–Kier alpha value is -1.98. The molecule has 2 rings (SSSR count). The molecule has 5 heteroatoms. The maximum atomic E-state index is 12.7. The van der Waals surface area contributed by atoms with Gasteiger partial charge in [0.1, 0.15) is 5.60 Å². The Balaban J connectivity index is 2.38. The molecule has 0 aromatic heterocycles. The van der Waals surface area contributed by atoms with E-state index in [1.165, 1.54) is 6.92 Å². The van der Waals surface area contributed by atoms with E-state index in [0.29, 0.717) is 15.4 Å². The number of rotatable bonds is 5. The van der Waals surface area contributed by atoms with Gasteiger partial charge in [-0.05, 0) is 37.6 Å². The lowest BCUT2D eigenvalue weighted by atomic mass is 9.96. The molecule has 0 saturated carbocycles. The normalized spacial score (nSPS) is 15.0.